The van der Waals surface area contributed by atoms with Crippen LogP contribution in [0, 0.1) is 0 Å². The number of hydrogen-bond donors (Lipinski definition) is 3. The summed E-state index contributed by atoms with van der Waals surface area (Å²) in [5, 5.41) is 23.3. The number of nitrogens with one attached hydrogen (secondary N) is 1. The molecule has 2 unspecified atom stereocenters. The number of carbonyl (C=O) groups is 1. The van der Waals surface area contributed by atoms with Crippen molar-refractivity contribution in [2.75, 3.05) is 6.61 Å². The van der Waals surface area contributed by atoms with E-state index in [1.807, 2.05) is 0 Å². The van der Waals surface area contributed by atoms with Gasteiger partial charge >= 0.3 is 0 Å². The van der Waals surface area contributed by atoms with Crippen LogP contribution in [0.1, 0.15) is 296 Å². The monoisotopic (exact) mass is 868 g/mol. The van der Waals surface area contributed by atoms with Crippen molar-refractivity contribution in [2.45, 2.75) is 309 Å². The summed E-state index contributed by atoms with van der Waals surface area (Å²) in [5.41, 5.74) is 0. The number of rotatable bonds is 51. The average molecular weight is 869 g/mol. The summed E-state index contributed by atoms with van der Waals surface area (Å²) in [6.45, 7) is 4.27. The lowest BCUT2D eigenvalue weighted by Crippen LogP contribution is -2.45. The molecule has 0 spiro atoms. The maximum atomic E-state index is 12.5. The molecule has 0 aromatic heterocycles. The summed E-state index contributed by atoms with van der Waals surface area (Å²) in [6.07, 6.45) is 73.8. The number of hydrogen-bond acceptors (Lipinski definition) is 3. The van der Waals surface area contributed by atoms with Gasteiger partial charge in [0, 0.05) is 6.42 Å². The smallest absolute Gasteiger partial charge is 0.220 e. The van der Waals surface area contributed by atoms with E-state index in [-0.39, 0.29) is 12.5 Å². The third kappa shape index (κ3) is 49.4. The molecule has 3 N–H and O–H groups in total. The van der Waals surface area contributed by atoms with Crippen LogP contribution in [0.4, 0.5) is 0 Å². The minimum absolute atomic E-state index is 0.0281. The van der Waals surface area contributed by atoms with Gasteiger partial charge in [-0.3, -0.25) is 4.79 Å². The standard InChI is InChI=1S/C58H109NO3/c1-3-5-7-9-11-13-15-17-19-21-23-25-26-27-28-29-30-31-32-34-36-38-40-42-44-46-48-50-52-54-58(62)59-56(55-60)57(61)53-51-49-47-45-43-41-39-37-35-33-24-22-20-18-16-14-12-10-8-6-4-2/h5,7,11,13,17,19,23,25,56-57,60-61H,3-4,6,8-10,12,14-16,18,20-22,24,26-55H2,1-2H3,(H,59,62)/b7-5-,13-11-,19-17-,25-23-. The van der Waals surface area contributed by atoms with Crippen molar-refractivity contribution in [3.8, 4) is 0 Å². The zero-order valence-electron chi connectivity index (χ0n) is 41.9. The molecule has 0 aliphatic carbocycles. The first-order chi connectivity index (χ1) is 30.7. The van der Waals surface area contributed by atoms with Crippen molar-refractivity contribution < 1.29 is 15.0 Å². The van der Waals surface area contributed by atoms with E-state index in [1.54, 1.807) is 0 Å². The Morgan fingerprint density at radius 3 is 1.06 bits per heavy atom. The minimum Gasteiger partial charge on any atom is -0.394 e. The number of carbonyl (C=O) groups excluding carboxylic acids is 1. The fraction of sp³-hybridized carbons (Fsp3) is 0.845. The molecule has 0 fully saturated rings. The largest absolute Gasteiger partial charge is 0.394 e. The highest BCUT2D eigenvalue weighted by Gasteiger charge is 2.20. The molecule has 364 valence electrons. The Labute approximate surface area is 388 Å². The number of aliphatic hydroxyl groups is 2. The number of aliphatic hydroxyl groups excluding tert-OH is 2. The predicted octanol–water partition coefficient (Wildman–Crippen LogP) is 18.3. The van der Waals surface area contributed by atoms with Gasteiger partial charge in [0.2, 0.25) is 5.91 Å². The van der Waals surface area contributed by atoms with Crippen molar-refractivity contribution in [3.63, 3.8) is 0 Å². The normalized spacial score (nSPS) is 13.2. The molecule has 0 aromatic carbocycles. The zero-order chi connectivity index (χ0) is 44.9. The molecule has 0 aliphatic rings. The Balaban J connectivity index is 3.45. The van der Waals surface area contributed by atoms with Crippen LogP contribution in [0.15, 0.2) is 48.6 Å². The van der Waals surface area contributed by atoms with Gasteiger partial charge in [-0.2, -0.15) is 0 Å². The topological polar surface area (TPSA) is 69.6 Å². The molecule has 4 nitrogen and oxygen atoms in total. The molecule has 2 atom stereocenters. The Morgan fingerprint density at radius 1 is 0.403 bits per heavy atom. The Morgan fingerprint density at radius 2 is 0.710 bits per heavy atom. The quantitative estimate of drug-likeness (QED) is 0.0421. The highest BCUT2D eigenvalue weighted by molar-refractivity contribution is 5.76. The van der Waals surface area contributed by atoms with E-state index in [1.165, 1.54) is 218 Å². The van der Waals surface area contributed by atoms with Crippen LogP contribution in [-0.4, -0.2) is 34.9 Å². The van der Waals surface area contributed by atoms with Gasteiger partial charge in [-0.05, 0) is 51.4 Å². The van der Waals surface area contributed by atoms with Crippen LogP contribution in [0.3, 0.4) is 0 Å². The van der Waals surface area contributed by atoms with Crippen LogP contribution in [0.5, 0.6) is 0 Å². The number of allylic oxidation sites excluding steroid dienone is 8. The number of unbranched alkanes of at least 4 members (excludes halogenated alkanes) is 36. The van der Waals surface area contributed by atoms with Crippen LogP contribution in [-0.2, 0) is 4.79 Å². The molecule has 1 amide bonds. The SMILES string of the molecule is CC/C=C\C/C=C\C/C=C\C/C=C\CCCCCCCCCCCCCCCCCCC(=O)NC(CO)C(O)CCCCCCCCCCCCCCCCCCCCCCC. The van der Waals surface area contributed by atoms with E-state index in [9.17, 15) is 15.0 Å². The second-order valence-electron chi connectivity index (χ2n) is 19.0. The molecule has 0 aliphatic heterocycles. The Bertz CT molecular complexity index is 985. The molecule has 0 radical (unpaired) electrons. The van der Waals surface area contributed by atoms with Gasteiger partial charge in [0.1, 0.15) is 0 Å². The summed E-state index contributed by atoms with van der Waals surface area (Å²) >= 11 is 0. The number of amides is 1. The van der Waals surface area contributed by atoms with Crippen LogP contribution >= 0.6 is 0 Å². The lowest BCUT2D eigenvalue weighted by Gasteiger charge is -2.22. The van der Waals surface area contributed by atoms with Crippen LogP contribution in [0.2, 0.25) is 0 Å². The third-order valence-corrected chi connectivity index (χ3v) is 12.9. The molecule has 0 bridgehead atoms. The fourth-order valence-electron chi connectivity index (χ4n) is 8.65. The Hall–Kier alpha value is -1.65. The predicted molar refractivity (Wildman–Crippen MR) is 276 cm³/mol. The molecule has 62 heavy (non-hydrogen) atoms. The van der Waals surface area contributed by atoms with Gasteiger partial charge in [-0.15, -0.1) is 0 Å². The van der Waals surface area contributed by atoms with Gasteiger partial charge < -0.3 is 15.5 Å². The van der Waals surface area contributed by atoms with Crippen molar-refractivity contribution in [3.05, 3.63) is 48.6 Å². The summed E-state index contributed by atoms with van der Waals surface area (Å²) in [5.74, 6) is -0.0281. The molecule has 4 heteroatoms. The molecule has 0 saturated carbocycles. The summed E-state index contributed by atoms with van der Waals surface area (Å²) in [7, 11) is 0. The average Bonchev–Trinajstić information content (AvgIpc) is 3.28. The van der Waals surface area contributed by atoms with Crippen molar-refractivity contribution in [1.29, 1.82) is 0 Å². The first-order valence-electron chi connectivity index (χ1n) is 27.8. The molecule has 0 heterocycles. The Kier molecular flexibility index (Phi) is 52.3. The maximum absolute atomic E-state index is 12.5. The van der Waals surface area contributed by atoms with E-state index in [0.717, 1.165) is 51.4 Å². The van der Waals surface area contributed by atoms with Gasteiger partial charge in [0.25, 0.3) is 0 Å². The first kappa shape index (κ1) is 60.4. The molecular formula is C58H109NO3. The second kappa shape index (κ2) is 53.7. The van der Waals surface area contributed by atoms with Crippen LogP contribution < -0.4 is 5.32 Å². The van der Waals surface area contributed by atoms with E-state index in [4.69, 9.17) is 0 Å². The highest BCUT2D eigenvalue weighted by atomic mass is 16.3. The highest BCUT2D eigenvalue weighted by Crippen LogP contribution is 2.17. The zero-order valence-corrected chi connectivity index (χ0v) is 41.9. The van der Waals surface area contributed by atoms with Gasteiger partial charge in [-0.1, -0.05) is 287 Å². The molecule has 0 saturated heterocycles. The summed E-state index contributed by atoms with van der Waals surface area (Å²) in [4.78, 5) is 12.5. The lowest BCUT2D eigenvalue weighted by molar-refractivity contribution is -0.123. The first-order valence-corrected chi connectivity index (χ1v) is 27.8. The summed E-state index contributed by atoms with van der Waals surface area (Å²) in [6, 6.07) is -0.537. The van der Waals surface area contributed by atoms with E-state index < -0.39 is 12.1 Å². The van der Waals surface area contributed by atoms with Gasteiger partial charge in [0.15, 0.2) is 0 Å². The molecule has 0 aromatic rings. The van der Waals surface area contributed by atoms with E-state index in [0.29, 0.717) is 12.8 Å². The van der Waals surface area contributed by atoms with Gasteiger partial charge in [-0.25, -0.2) is 0 Å². The minimum atomic E-state index is -0.660. The molecule has 0 rings (SSSR count). The second-order valence-corrected chi connectivity index (χ2v) is 19.0. The van der Waals surface area contributed by atoms with Gasteiger partial charge in [0.05, 0.1) is 18.8 Å². The maximum Gasteiger partial charge on any atom is 0.220 e. The van der Waals surface area contributed by atoms with Crippen molar-refractivity contribution in [1.82, 2.24) is 5.32 Å². The lowest BCUT2D eigenvalue weighted by atomic mass is 10.0. The van der Waals surface area contributed by atoms with E-state index >= 15 is 0 Å². The summed E-state index contributed by atoms with van der Waals surface area (Å²) < 4.78 is 0. The van der Waals surface area contributed by atoms with Crippen molar-refractivity contribution in [2.24, 2.45) is 0 Å². The van der Waals surface area contributed by atoms with Crippen LogP contribution in [0.25, 0.3) is 0 Å². The fourth-order valence-corrected chi connectivity index (χ4v) is 8.65. The van der Waals surface area contributed by atoms with E-state index in [2.05, 4.69) is 67.8 Å². The van der Waals surface area contributed by atoms with Crippen molar-refractivity contribution >= 4 is 5.91 Å². The molecular weight excluding hydrogens is 759 g/mol. The third-order valence-electron chi connectivity index (χ3n) is 12.9.